The molecule has 6 aliphatic rings. The van der Waals surface area contributed by atoms with E-state index in [2.05, 4.69) is 0 Å². The summed E-state index contributed by atoms with van der Waals surface area (Å²) in [6.07, 6.45) is -15.8. The number of nitrogens with two attached hydrogens (primary N) is 3. The van der Waals surface area contributed by atoms with Crippen LogP contribution in [0.25, 0.3) is 0 Å². The molecule has 0 amide bonds. The standard InChI is InChI=1S/3C24H38N2O4/c3*1-14(2)9-17-13-26-8-7-16-10-21(28-5)22(29-6)11-18(16)19(26)12-20(17)30-24(27)23(25)15(3)4/h3*10-11,14-15,17,19-20,23H,7-9,12-13,25H2,1-6H3/t3*17?,19?,20?,23-/m000/s1/i5D3,12D2,13D2,17D,20D;12D2,13D2,17D,20D;12D2,13D2,17D,19D. The number of piperidine rings is 3. The normalized spacial score (nSPS) is 36.7. The third kappa shape index (κ3) is 17.5. The number of hydrogen-bond acceptors (Lipinski definition) is 18. The number of fused-ring (bicyclic) bond motifs is 9. The third-order valence-corrected chi connectivity index (χ3v) is 16.3. The molecule has 0 saturated carbocycles. The summed E-state index contributed by atoms with van der Waals surface area (Å²) in [6.45, 7) is 13.1. The van der Waals surface area contributed by atoms with Crippen LogP contribution in [0.2, 0.25) is 0 Å². The molecule has 504 valence electrons. The number of carbonyl (C=O) groups excluding carboxylic acids is 3. The fourth-order valence-corrected chi connectivity index (χ4v) is 11.1. The van der Waals surface area contributed by atoms with Crippen molar-refractivity contribution < 1.29 is 85.8 Å². The second kappa shape index (κ2) is 32.5. The van der Waals surface area contributed by atoms with Gasteiger partial charge in [-0.3, -0.25) is 29.1 Å². The van der Waals surface area contributed by atoms with Crippen LogP contribution >= 0.6 is 0 Å². The third-order valence-electron chi connectivity index (χ3n) is 16.3. The molecule has 6 N–H and O–H groups in total. The number of rotatable bonds is 21. The summed E-state index contributed by atoms with van der Waals surface area (Å²) in [6, 6.07) is 0.622. The van der Waals surface area contributed by atoms with Crippen molar-refractivity contribution in [3.8, 4) is 34.5 Å². The predicted molar refractivity (Wildman–Crippen MR) is 353 cm³/mol. The molecule has 0 aromatic heterocycles. The van der Waals surface area contributed by atoms with E-state index < -0.39 is 142 Å². The highest BCUT2D eigenvalue weighted by molar-refractivity contribution is 5.77. The largest absolute Gasteiger partial charge is 0.493 e. The van der Waals surface area contributed by atoms with Crippen LogP contribution in [-0.2, 0) is 47.9 Å². The smallest absolute Gasteiger partial charge is 0.323 e. The molecule has 6 heterocycles. The second-order valence-electron chi connectivity index (χ2n) is 25.7. The first kappa shape index (κ1) is 47.5. The van der Waals surface area contributed by atoms with Gasteiger partial charge in [0.15, 0.2) is 34.5 Å². The average molecular weight is 1280 g/mol. The Labute approximate surface area is 569 Å². The zero-order valence-corrected chi connectivity index (χ0v) is 55.7. The second-order valence-corrected chi connectivity index (χ2v) is 25.7. The minimum absolute atomic E-state index is 0.0105. The zero-order valence-electron chi connectivity index (χ0n) is 76.7. The van der Waals surface area contributed by atoms with Gasteiger partial charge in [0.2, 0.25) is 0 Å². The van der Waals surface area contributed by atoms with Crippen LogP contribution in [0.5, 0.6) is 34.5 Å². The lowest BCUT2D eigenvalue weighted by Crippen LogP contribution is -2.51. The van der Waals surface area contributed by atoms with Crippen molar-refractivity contribution in [2.24, 2.45) is 70.4 Å². The molecule has 0 bridgehead atoms. The van der Waals surface area contributed by atoms with Gasteiger partial charge in [0.25, 0.3) is 0 Å². The summed E-state index contributed by atoms with van der Waals surface area (Å²) >= 11 is 0. The highest BCUT2D eigenvalue weighted by Crippen LogP contribution is 2.48. The van der Waals surface area contributed by atoms with E-state index in [-0.39, 0.29) is 103 Å². The molecule has 12 atom stereocenters. The van der Waals surface area contributed by atoms with Crippen LogP contribution < -0.4 is 45.6 Å². The van der Waals surface area contributed by atoms with Crippen LogP contribution in [0.1, 0.15) is 202 Å². The van der Waals surface area contributed by atoms with E-state index in [4.69, 9.17) is 72.2 Å². The zero-order chi connectivity index (χ0) is 84.8. The number of ether oxygens (including phenoxy) is 9. The molecule has 0 radical (unpaired) electrons. The topological polar surface area (TPSA) is 222 Å². The van der Waals surface area contributed by atoms with Crippen molar-refractivity contribution in [1.82, 2.24) is 14.7 Å². The summed E-state index contributed by atoms with van der Waals surface area (Å²) in [4.78, 5) is 42.7. The minimum atomic E-state index is -3.02. The maximum Gasteiger partial charge on any atom is 0.323 e. The molecule has 9 rings (SSSR count). The molecule has 18 nitrogen and oxygen atoms in total. The molecular weight excluding hydrogens is 1140 g/mol. The molecule has 90 heavy (non-hydrogen) atoms. The Kier molecular flexibility index (Phi) is 17.1. The first-order valence-electron chi connectivity index (χ1n) is 41.8. The van der Waals surface area contributed by atoms with Gasteiger partial charge in [0.1, 0.15) is 36.4 Å². The van der Waals surface area contributed by atoms with Crippen LogP contribution in [0.4, 0.5) is 0 Å². The van der Waals surface area contributed by atoms with Crippen molar-refractivity contribution in [3.63, 3.8) is 0 Å². The van der Waals surface area contributed by atoms with E-state index in [1.54, 1.807) is 101 Å². The monoisotopic (exact) mass is 1280 g/mol. The van der Waals surface area contributed by atoms with Gasteiger partial charge in [0, 0.05) is 115 Å². The summed E-state index contributed by atoms with van der Waals surface area (Å²) in [5.41, 5.74) is 20.5. The molecule has 3 fully saturated rings. The lowest BCUT2D eigenvalue weighted by Gasteiger charge is -2.47. The van der Waals surface area contributed by atoms with Crippen molar-refractivity contribution in [2.75, 3.05) is 81.7 Å². The Bertz CT molecular complexity index is 3880. The first-order valence-corrected chi connectivity index (χ1v) is 31.3. The summed E-state index contributed by atoms with van der Waals surface area (Å²) in [5, 5.41) is 0. The Hall–Kier alpha value is -5.37. The molecule has 9 unspecified atom stereocenters. The van der Waals surface area contributed by atoms with Crippen LogP contribution in [0.15, 0.2) is 36.4 Å². The van der Waals surface area contributed by atoms with E-state index in [9.17, 15) is 30.8 Å². The van der Waals surface area contributed by atoms with Gasteiger partial charge in [-0.05, 0) is 144 Å². The predicted octanol–water partition coefficient (Wildman–Crippen LogP) is 10.7. The van der Waals surface area contributed by atoms with Crippen LogP contribution in [0.3, 0.4) is 0 Å². The van der Waals surface area contributed by atoms with E-state index in [1.807, 2.05) is 0 Å². The van der Waals surface area contributed by atoms with Crippen molar-refractivity contribution in [2.45, 2.75) is 195 Å². The SMILES string of the molecule is [2H]C([2H])([2H])Oc1cc2c(cc1OC)C1N(CC2)C([2H])([2H])C([2H])(CC(C)C)C([2H])(OC(=O)[C@@H](N)C(C)C)C1([2H])[2H].[2H]C1([2H])C(OC(=O)[C@@H](N)C(C)C)C([2H])(CC(C)C)C([2H])([2H])N2CCc3cc(OC)c(OC)cc3C21[2H].[2H]C1([2H])C2c3cc(OC)c(OC)cc3CCN2C([2H])([2H])C([2H])(CC(C)C)C1([2H])OC(=O)[C@@H](N)C(C)C. The lowest BCUT2D eigenvalue weighted by molar-refractivity contribution is -0.161. The molecular formula is C72H114N6O12. The lowest BCUT2D eigenvalue weighted by atomic mass is 9.79. The van der Waals surface area contributed by atoms with Gasteiger partial charge in [-0.15, -0.1) is 0 Å². The molecule has 18 heteroatoms. The van der Waals surface area contributed by atoms with Gasteiger partial charge in [-0.2, -0.15) is 0 Å². The number of hydrogen-bond donors (Lipinski definition) is 3. The number of methoxy groups -OCH3 is 6. The van der Waals surface area contributed by atoms with Gasteiger partial charge >= 0.3 is 17.9 Å². The first-order chi connectivity index (χ1) is 50.6. The van der Waals surface area contributed by atoms with Crippen molar-refractivity contribution >= 4 is 17.9 Å². The molecule has 3 aromatic carbocycles. The summed E-state index contributed by atoms with van der Waals surface area (Å²) in [5.74, 6) is -10.9. The van der Waals surface area contributed by atoms with Gasteiger partial charge < -0.3 is 59.8 Å². The number of esters is 3. The quantitative estimate of drug-likeness (QED) is 0.0666. The summed E-state index contributed by atoms with van der Waals surface area (Å²) < 4.78 is 238. The summed E-state index contributed by atoms with van der Waals surface area (Å²) in [7, 11) is 4.34. The Morgan fingerprint density at radius 1 is 0.467 bits per heavy atom. The van der Waals surface area contributed by atoms with E-state index in [0.717, 1.165) is 4.90 Å². The van der Waals surface area contributed by atoms with E-state index in [1.165, 1.54) is 63.5 Å². The Morgan fingerprint density at radius 3 is 1.16 bits per heavy atom. The highest BCUT2D eigenvalue weighted by atomic mass is 16.6. The molecule has 0 spiro atoms. The fourth-order valence-electron chi connectivity index (χ4n) is 11.1. The van der Waals surface area contributed by atoms with Crippen LogP contribution in [0, 0.1) is 53.2 Å². The average Bonchev–Trinajstić information content (AvgIpc) is 0.684. The Morgan fingerprint density at radius 2 is 0.789 bits per heavy atom. The maximum absolute atomic E-state index is 13.1. The van der Waals surface area contributed by atoms with Gasteiger partial charge in [-0.1, -0.05) is 83.1 Å². The van der Waals surface area contributed by atoms with Gasteiger partial charge in [0.05, 0.1) is 50.8 Å². The molecule has 3 aromatic rings. The fraction of sp³-hybridized carbons (Fsp3) is 0.708. The van der Waals surface area contributed by atoms with E-state index in [0.29, 0.717) is 52.3 Å². The number of carbonyl (C=O) groups is 3. The highest BCUT2D eigenvalue weighted by Gasteiger charge is 2.45. The van der Waals surface area contributed by atoms with Crippen LogP contribution in [-0.4, -0.2) is 151 Å². The molecule has 3 saturated heterocycles. The number of nitrogens with zero attached hydrogens (tertiary/aromatic N) is 3. The van der Waals surface area contributed by atoms with Crippen molar-refractivity contribution in [3.05, 3.63) is 69.8 Å². The van der Waals surface area contributed by atoms with Crippen molar-refractivity contribution in [1.29, 1.82) is 0 Å². The molecule has 6 aliphatic heterocycles. The maximum atomic E-state index is 13.1. The Balaban J connectivity index is 0.000000231. The van der Waals surface area contributed by atoms with Gasteiger partial charge in [-0.25, -0.2) is 0 Å². The molecule has 0 aliphatic carbocycles. The number of benzene rings is 3. The minimum Gasteiger partial charge on any atom is -0.493 e. The van der Waals surface area contributed by atoms with E-state index >= 15 is 0 Å².